The topological polar surface area (TPSA) is 64.6 Å². The second kappa shape index (κ2) is 6.31. The van der Waals surface area contributed by atoms with Gasteiger partial charge < -0.3 is 14.4 Å². The molecular weight excluding hydrogens is 302 g/mol. The fraction of sp³-hybridized carbons (Fsp3) is 0.400. The van der Waals surface area contributed by atoms with E-state index in [-0.39, 0.29) is 11.9 Å². The van der Waals surface area contributed by atoms with Crippen LogP contribution in [0.1, 0.15) is 22.3 Å². The number of fused-ring (bicyclic) bond motifs is 1. The zero-order valence-corrected chi connectivity index (χ0v) is 13.3. The summed E-state index contributed by atoms with van der Waals surface area (Å²) < 4.78 is 11.1. The quantitative estimate of drug-likeness (QED) is 0.862. The third kappa shape index (κ3) is 2.89. The number of thiophene rings is 1. The number of aromatic nitrogens is 2. The fourth-order valence-corrected chi connectivity index (χ4v) is 3.16. The van der Waals surface area contributed by atoms with Gasteiger partial charge in [-0.25, -0.2) is 0 Å². The van der Waals surface area contributed by atoms with E-state index in [2.05, 4.69) is 9.97 Å². The van der Waals surface area contributed by atoms with Crippen molar-refractivity contribution in [2.45, 2.75) is 19.4 Å². The van der Waals surface area contributed by atoms with E-state index in [1.807, 2.05) is 12.3 Å². The molecule has 0 fully saturated rings. The normalized spacial score (nSPS) is 14.5. The Morgan fingerprint density at radius 3 is 3.00 bits per heavy atom. The number of hydrogen-bond acceptors (Lipinski definition) is 6. The van der Waals surface area contributed by atoms with Gasteiger partial charge in [0.05, 0.1) is 5.69 Å². The number of ether oxygens (including phenoxy) is 2. The Morgan fingerprint density at radius 2 is 2.23 bits per heavy atom. The molecule has 116 valence electrons. The third-order valence-electron chi connectivity index (χ3n) is 3.60. The highest BCUT2D eigenvalue weighted by molar-refractivity contribution is 7.12. The van der Waals surface area contributed by atoms with Crippen LogP contribution in [0.5, 0.6) is 11.5 Å². The standard InChI is InChI=1S/C15H17N3O3S/c1-10(7-11-8-16-3-4-17-11)18(2)15(19)14-13-12(9-22-14)20-5-6-21-13/h3-4,8-10H,5-7H2,1-2H3/t10-/m0/s1. The van der Waals surface area contributed by atoms with E-state index < -0.39 is 0 Å². The molecule has 0 spiro atoms. The van der Waals surface area contributed by atoms with Crippen LogP contribution < -0.4 is 9.47 Å². The molecule has 3 rings (SSSR count). The van der Waals surface area contributed by atoms with Gasteiger partial charge in [-0.05, 0) is 6.92 Å². The maximum Gasteiger partial charge on any atom is 0.267 e. The van der Waals surface area contributed by atoms with Crippen LogP contribution in [-0.4, -0.2) is 47.1 Å². The summed E-state index contributed by atoms with van der Waals surface area (Å²) in [5.41, 5.74) is 0.863. The minimum Gasteiger partial charge on any atom is -0.485 e. The molecule has 3 heterocycles. The second-order valence-corrected chi connectivity index (χ2v) is 6.00. The van der Waals surface area contributed by atoms with Crippen LogP contribution in [0.15, 0.2) is 24.0 Å². The minimum atomic E-state index is -0.0619. The maximum atomic E-state index is 12.7. The Balaban J connectivity index is 1.72. The fourth-order valence-electron chi connectivity index (χ4n) is 2.25. The molecule has 0 unspecified atom stereocenters. The smallest absolute Gasteiger partial charge is 0.267 e. The Morgan fingerprint density at radius 1 is 1.41 bits per heavy atom. The molecular formula is C15H17N3O3S. The highest BCUT2D eigenvalue weighted by Crippen LogP contribution is 2.39. The zero-order chi connectivity index (χ0) is 15.5. The number of carbonyl (C=O) groups excluding carboxylic acids is 1. The summed E-state index contributed by atoms with van der Waals surface area (Å²) in [5.74, 6) is 1.17. The van der Waals surface area contributed by atoms with Gasteiger partial charge in [-0.15, -0.1) is 11.3 Å². The summed E-state index contributed by atoms with van der Waals surface area (Å²) in [6.45, 7) is 2.99. The van der Waals surface area contributed by atoms with E-state index in [0.717, 1.165) is 5.69 Å². The largest absolute Gasteiger partial charge is 0.485 e. The van der Waals surface area contributed by atoms with Gasteiger partial charge in [0.25, 0.3) is 5.91 Å². The van der Waals surface area contributed by atoms with E-state index in [9.17, 15) is 4.79 Å². The summed E-state index contributed by atoms with van der Waals surface area (Å²) in [6.07, 6.45) is 5.67. The maximum absolute atomic E-state index is 12.7. The molecule has 1 aliphatic rings. The Bertz CT molecular complexity index is 659. The molecule has 6 nitrogen and oxygen atoms in total. The molecule has 0 aromatic carbocycles. The molecule has 0 saturated heterocycles. The molecule has 0 bridgehead atoms. The van der Waals surface area contributed by atoms with Gasteiger partial charge >= 0.3 is 0 Å². The first-order valence-electron chi connectivity index (χ1n) is 7.06. The highest BCUT2D eigenvalue weighted by atomic mass is 32.1. The summed E-state index contributed by atoms with van der Waals surface area (Å²) >= 11 is 1.36. The SMILES string of the molecule is C[C@@H](Cc1cnccn1)N(C)C(=O)c1scc2c1OCCO2. The van der Waals surface area contributed by atoms with Crippen LogP contribution in [0.4, 0.5) is 0 Å². The van der Waals surface area contributed by atoms with Crippen LogP contribution in [0.2, 0.25) is 0 Å². The third-order valence-corrected chi connectivity index (χ3v) is 4.53. The summed E-state index contributed by atoms with van der Waals surface area (Å²) in [6, 6.07) is 0.00598. The van der Waals surface area contributed by atoms with Crippen molar-refractivity contribution in [2.75, 3.05) is 20.3 Å². The molecule has 0 radical (unpaired) electrons. The van der Waals surface area contributed by atoms with Crippen molar-refractivity contribution in [1.82, 2.24) is 14.9 Å². The molecule has 0 N–H and O–H groups in total. The van der Waals surface area contributed by atoms with Gasteiger partial charge in [0.15, 0.2) is 11.5 Å². The Labute approximate surface area is 132 Å². The van der Waals surface area contributed by atoms with Gasteiger partial charge in [-0.2, -0.15) is 0 Å². The lowest BCUT2D eigenvalue weighted by Gasteiger charge is -2.25. The van der Waals surface area contributed by atoms with Gasteiger partial charge in [-0.3, -0.25) is 14.8 Å². The number of carbonyl (C=O) groups is 1. The molecule has 0 aliphatic carbocycles. The number of amides is 1. The molecule has 22 heavy (non-hydrogen) atoms. The van der Waals surface area contributed by atoms with Gasteiger partial charge in [0.1, 0.15) is 18.1 Å². The Kier molecular flexibility index (Phi) is 4.24. The predicted molar refractivity (Wildman–Crippen MR) is 82.6 cm³/mol. The Hall–Kier alpha value is -2.15. The lowest BCUT2D eigenvalue weighted by Crippen LogP contribution is -2.36. The first-order valence-corrected chi connectivity index (χ1v) is 7.94. The molecule has 1 atom stereocenters. The zero-order valence-electron chi connectivity index (χ0n) is 12.5. The number of rotatable bonds is 4. The number of nitrogens with zero attached hydrogens (tertiary/aromatic N) is 3. The second-order valence-electron chi connectivity index (χ2n) is 5.12. The summed E-state index contributed by atoms with van der Waals surface area (Å²) in [5, 5.41) is 1.82. The first kappa shape index (κ1) is 14.8. The molecule has 2 aromatic rings. The van der Waals surface area contributed by atoms with Gasteiger partial charge in [-0.1, -0.05) is 0 Å². The van der Waals surface area contributed by atoms with E-state index in [4.69, 9.17) is 9.47 Å². The van der Waals surface area contributed by atoms with Crippen molar-refractivity contribution in [3.8, 4) is 11.5 Å². The van der Waals surface area contributed by atoms with Gasteiger partial charge in [0.2, 0.25) is 0 Å². The van der Waals surface area contributed by atoms with Crippen LogP contribution in [-0.2, 0) is 6.42 Å². The van der Waals surface area contributed by atoms with E-state index >= 15 is 0 Å². The number of likely N-dealkylation sites (N-methyl/N-ethyl adjacent to an activating group) is 1. The van der Waals surface area contributed by atoms with Crippen molar-refractivity contribution in [3.63, 3.8) is 0 Å². The average molecular weight is 319 g/mol. The summed E-state index contributed by atoms with van der Waals surface area (Å²) in [4.78, 5) is 23.3. The molecule has 1 amide bonds. The van der Waals surface area contributed by atoms with E-state index in [1.165, 1.54) is 11.3 Å². The summed E-state index contributed by atoms with van der Waals surface area (Å²) in [7, 11) is 1.79. The lowest BCUT2D eigenvalue weighted by molar-refractivity contribution is 0.0739. The van der Waals surface area contributed by atoms with Crippen LogP contribution in [0.3, 0.4) is 0 Å². The van der Waals surface area contributed by atoms with E-state index in [0.29, 0.717) is 36.0 Å². The van der Waals surface area contributed by atoms with Crippen molar-refractivity contribution < 1.29 is 14.3 Å². The molecule has 1 aliphatic heterocycles. The predicted octanol–water partition coefficient (Wildman–Crippen LogP) is 2.01. The van der Waals surface area contributed by atoms with Gasteiger partial charge in [0, 0.05) is 43.5 Å². The lowest BCUT2D eigenvalue weighted by atomic mass is 10.1. The van der Waals surface area contributed by atoms with E-state index in [1.54, 1.807) is 30.5 Å². The van der Waals surface area contributed by atoms with Crippen molar-refractivity contribution >= 4 is 17.2 Å². The van der Waals surface area contributed by atoms with Crippen LogP contribution >= 0.6 is 11.3 Å². The number of hydrogen-bond donors (Lipinski definition) is 0. The molecule has 0 saturated carbocycles. The highest BCUT2D eigenvalue weighted by Gasteiger charge is 2.27. The first-order chi connectivity index (χ1) is 10.7. The van der Waals surface area contributed by atoms with Crippen LogP contribution in [0, 0.1) is 0 Å². The molecule has 7 heteroatoms. The monoisotopic (exact) mass is 319 g/mol. The minimum absolute atomic E-state index is 0.00598. The average Bonchev–Trinajstić information content (AvgIpc) is 2.98. The van der Waals surface area contributed by atoms with Crippen LogP contribution in [0.25, 0.3) is 0 Å². The van der Waals surface area contributed by atoms with Crippen molar-refractivity contribution in [1.29, 1.82) is 0 Å². The molecule has 2 aromatic heterocycles. The van der Waals surface area contributed by atoms with Crippen molar-refractivity contribution in [3.05, 3.63) is 34.5 Å². The van der Waals surface area contributed by atoms with Crippen molar-refractivity contribution in [2.24, 2.45) is 0 Å².